The topological polar surface area (TPSA) is 37.3 Å². The van der Waals surface area contributed by atoms with E-state index < -0.39 is 0 Å². The number of carbonyl (C=O) groups excluding carboxylic acids is 1. The van der Waals surface area contributed by atoms with E-state index in [2.05, 4.69) is 31.9 Å². The van der Waals surface area contributed by atoms with Gasteiger partial charge >= 0.3 is 0 Å². The lowest BCUT2D eigenvalue weighted by Crippen LogP contribution is -1.82. The molecule has 0 bridgehead atoms. The van der Waals surface area contributed by atoms with Crippen molar-refractivity contribution in [1.29, 1.82) is 0 Å². The second-order valence-corrected chi connectivity index (χ2v) is 3.56. The normalized spacial score (nSPS) is 9.64. The van der Waals surface area contributed by atoms with Gasteiger partial charge in [-0.25, -0.2) is 0 Å². The van der Waals surface area contributed by atoms with E-state index in [0.29, 0.717) is 10.8 Å². The predicted octanol–water partition coefficient (Wildman–Crippen LogP) is 2.73. The molecule has 0 aliphatic rings. The Balaban J connectivity index is 3.36. The maximum Gasteiger partial charge on any atom is 0.153 e. The van der Waals surface area contributed by atoms with Gasteiger partial charge in [-0.1, -0.05) is 0 Å². The molecule has 0 saturated heterocycles. The Morgan fingerprint density at radius 2 is 2.00 bits per heavy atom. The first-order valence-electron chi connectivity index (χ1n) is 2.79. The van der Waals surface area contributed by atoms with E-state index in [9.17, 15) is 9.90 Å². The Kier molecular flexibility index (Phi) is 2.67. The zero-order valence-corrected chi connectivity index (χ0v) is 8.52. The minimum Gasteiger partial charge on any atom is -0.506 e. The molecule has 11 heavy (non-hydrogen) atoms. The monoisotopic (exact) mass is 278 g/mol. The fourth-order valence-electron chi connectivity index (χ4n) is 0.650. The number of aldehydes is 1. The average molecular weight is 280 g/mol. The van der Waals surface area contributed by atoms with Crippen molar-refractivity contribution in [1.82, 2.24) is 0 Å². The van der Waals surface area contributed by atoms with Crippen LogP contribution in [0.4, 0.5) is 0 Å². The molecule has 0 aliphatic carbocycles. The van der Waals surface area contributed by atoms with Crippen LogP contribution >= 0.6 is 31.9 Å². The summed E-state index contributed by atoms with van der Waals surface area (Å²) in [5.41, 5.74) is 0.278. The van der Waals surface area contributed by atoms with Crippen LogP contribution in [0.15, 0.2) is 21.1 Å². The zero-order valence-electron chi connectivity index (χ0n) is 5.34. The lowest BCUT2D eigenvalue weighted by atomic mass is 10.2. The van der Waals surface area contributed by atoms with Crippen molar-refractivity contribution in [3.63, 3.8) is 0 Å². The van der Waals surface area contributed by atoms with Crippen LogP contribution in [0.2, 0.25) is 0 Å². The van der Waals surface area contributed by atoms with E-state index in [1.807, 2.05) is 0 Å². The number of rotatable bonds is 1. The van der Waals surface area contributed by atoms with Crippen molar-refractivity contribution < 1.29 is 9.90 Å². The highest BCUT2D eigenvalue weighted by molar-refractivity contribution is 9.13. The molecular formula is C7H4Br2O2. The number of benzene rings is 1. The smallest absolute Gasteiger partial charge is 0.153 e. The van der Waals surface area contributed by atoms with Gasteiger partial charge in [-0.3, -0.25) is 4.79 Å². The van der Waals surface area contributed by atoms with Crippen LogP contribution in [0.5, 0.6) is 5.75 Å². The molecule has 4 heteroatoms. The molecule has 0 amide bonds. The molecule has 0 saturated carbocycles. The molecule has 2 nitrogen and oxygen atoms in total. The number of phenolic OH excluding ortho intramolecular Hbond substituents is 1. The molecule has 0 aromatic heterocycles. The summed E-state index contributed by atoms with van der Waals surface area (Å²) < 4.78 is 1.22. The van der Waals surface area contributed by atoms with Gasteiger partial charge in [-0.2, -0.15) is 0 Å². The summed E-state index contributed by atoms with van der Waals surface area (Å²) in [4.78, 5) is 10.3. The third-order valence-electron chi connectivity index (χ3n) is 1.23. The molecule has 0 fully saturated rings. The van der Waals surface area contributed by atoms with Crippen LogP contribution in [0, 0.1) is 0 Å². The molecule has 1 rings (SSSR count). The first-order chi connectivity index (χ1) is 5.16. The lowest BCUT2D eigenvalue weighted by molar-refractivity contribution is 0.112. The van der Waals surface area contributed by atoms with Crippen molar-refractivity contribution in [3.05, 3.63) is 26.6 Å². The number of halogens is 2. The van der Waals surface area contributed by atoms with Gasteiger partial charge in [0.05, 0.1) is 10.0 Å². The summed E-state index contributed by atoms with van der Waals surface area (Å²) in [6.07, 6.45) is 0.604. The predicted molar refractivity (Wildman–Crippen MR) is 48.9 cm³/mol. The number of carbonyl (C=O) groups is 1. The molecule has 0 heterocycles. The van der Waals surface area contributed by atoms with E-state index in [1.54, 1.807) is 6.07 Å². The van der Waals surface area contributed by atoms with Crippen LogP contribution in [0.3, 0.4) is 0 Å². The van der Waals surface area contributed by atoms with Crippen molar-refractivity contribution >= 4 is 38.1 Å². The van der Waals surface area contributed by atoms with E-state index in [-0.39, 0.29) is 11.3 Å². The maximum absolute atomic E-state index is 10.3. The molecule has 1 aromatic rings. The summed E-state index contributed by atoms with van der Waals surface area (Å²) in [6, 6.07) is 3.23. The number of phenols is 1. The Labute approximate surface area is 80.5 Å². The largest absolute Gasteiger partial charge is 0.506 e. The first kappa shape index (κ1) is 8.74. The van der Waals surface area contributed by atoms with Crippen LogP contribution in [-0.2, 0) is 0 Å². The van der Waals surface area contributed by atoms with Crippen molar-refractivity contribution in [2.45, 2.75) is 0 Å². The van der Waals surface area contributed by atoms with Crippen LogP contribution in [0.25, 0.3) is 0 Å². The maximum atomic E-state index is 10.3. The summed E-state index contributed by atoms with van der Waals surface area (Å²) >= 11 is 6.30. The SMILES string of the molecule is O=Cc1ccc(Br)c(Br)c1O. The number of aromatic hydroxyl groups is 1. The molecule has 0 aliphatic heterocycles. The highest BCUT2D eigenvalue weighted by Gasteiger charge is 2.06. The van der Waals surface area contributed by atoms with E-state index in [4.69, 9.17) is 0 Å². The molecule has 0 radical (unpaired) electrons. The van der Waals surface area contributed by atoms with Gasteiger partial charge in [-0.05, 0) is 44.0 Å². The third kappa shape index (κ3) is 1.62. The zero-order chi connectivity index (χ0) is 8.43. The van der Waals surface area contributed by atoms with Gasteiger partial charge in [0.15, 0.2) is 6.29 Å². The van der Waals surface area contributed by atoms with Gasteiger partial charge in [0, 0.05) is 4.47 Å². The molecule has 0 spiro atoms. The summed E-state index contributed by atoms with van der Waals surface area (Å²) in [7, 11) is 0. The van der Waals surface area contributed by atoms with E-state index in [0.717, 1.165) is 4.47 Å². The van der Waals surface area contributed by atoms with Gasteiger partial charge < -0.3 is 5.11 Å². The minimum absolute atomic E-state index is 0.0330. The fourth-order valence-corrected chi connectivity index (χ4v) is 1.33. The highest BCUT2D eigenvalue weighted by Crippen LogP contribution is 2.33. The van der Waals surface area contributed by atoms with E-state index in [1.165, 1.54) is 6.07 Å². The standard InChI is InChI=1S/C7H4Br2O2/c8-5-2-1-4(3-10)7(11)6(5)9/h1-3,11H. The third-order valence-corrected chi connectivity index (χ3v) is 3.22. The van der Waals surface area contributed by atoms with Gasteiger partial charge in [0.1, 0.15) is 5.75 Å². The summed E-state index contributed by atoms with van der Waals surface area (Å²) in [6.45, 7) is 0. The Hall–Kier alpha value is -0.350. The van der Waals surface area contributed by atoms with Gasteiger partial charge in [-0.15, -0.1) is 0 Å². The Morgan fingerprint density at radius 1 is 1.36 bits per heavy atom. The lowest BCUT2D eigenvalue weighted by Gasteiger charge is -2.00. The molecule has 0 unspecified atom stereocenters. The van der Waals surface area contributed by atoms with Gasteiger partial charge in [0.25, 0.3) is 0 Å². The number of hydrogen-bond donors (Lipinski definition) is 1. The van der Waals surface area contributed by atoms with Crippen molar-refractivity contribution in [3.8, 4) is 5.75 Å². The fraction of sp³-hybridized carbons (Fsp3) is 0. The van der Waals surface area contributed by atoms with E-state index >= 15 is 0 Å². The quantitative estimate of drug-likeness (QED) is 0.803. The number of hydrogen-bond acceptors (Lipinski definition) is 2. The average Bonchev–Trinajstić information content (AvgIpc) is 2.01. The molecular weight excluding hydrogens is 276 g/mol. The van der Waals surface area contributed by atoms with Crippen LogP contribution in [-0.4, -0.2) is 11.4 Å². The first-order valence-corrected chi connectivity index (χ1v) is 4.37. The summed E-state index contributed by atoms with van der Waals surface area (Å²) in [5, 5.41) is 9.27. The second kappa shape index (κ2) is 3.36. The molecule has 58 valence electrons. The van der Waals surface area contributed by atoms with Crippen molar-refractivity contribution in [2.24, 2.45) is 0 Å². The Morgan fingerprint density at radius 3 is 2.55 bits per heavy atom. The molecule has 1 aromatic carbocycles. The summed E-state index contributed by atoms with van der Waals surface area (Å²) in [5.74, 6) is -0.0330. The molecule has 1 N–H and O–H groups in total. The van der Waals surface area contributed by atoms with Crippen LogP contribution < -0.4 is 0 Å². The molecule has 0 atom stereocenters. The highest BCUT2D eigenvalue weighted by atomic mass is 79.9. The van der Waals surface area contributed by atoms with Crippen LogP contribution in [0.1, 0.15) is 10.4 Å². The van der Waals surface area contributed by atoms with Crippen molar-refractivity contribution in [2.75, 3.05) is 0 Å². The van der Waals surface area contributed by atoms with Gasteiger partial charge in [0.2, 0.25) is 0 Å². The Bertz CT molecular complexity index is 297. The second-order valence-electron chi connectivity index (χ2n) is 1.92. The minimum atomic E-state index is -0.0330.